The van der Waals surface area contributed by atoms with Crippen LogP contribution in [0.4, 0.5) is 11.4 Å². The van der Waals surface area contributed by atoms with Crippen LogP contribution < -0.4 is 5.32 Å². The van der Waals surface area contributed by atoms with Crippen molar-refractivity contribution in [3.05, 3.63) is 33.9 Å². The van der Waals surface area contributed by atoms with E-state index in [1.54, 1.807) is 12.1 Å². The molecule has 5 heteroatoms. The average Bonchev–Trinajstić information content (AvgIpc) is 2.77. The van der Waals surface area contributed by atoms with Crippen LogP contribution in [0, 0.1) is 10.1 Å². The van der Waals surface area contributed by atoms with E-state index in [0.29, 0.717) is 6.04 Å². The molecule has 1 aromatic rings. The summed E-state index contributed by atoms with van der Waals surface area (Å²) in [5, 5.41) is 14.2. The molecule has 1 fully saturated rings. The van der Waals surface area contributed by atoms with Gasteiger partial charge in [-0.05, 0) is 44.9 Å². The molecule has 0 bridgehead atoms. The minimum absolute atomic E-state index is 0.170. The molecule has 0 spiro atoms. The highest BCUT2D eigenvalue weighted by atomic mass is 16.6. The third-order valence-corrected chi connectivity index (χ3v) is 3.73. The fraction of sp³-hybridized carbons (Fsp3) is 0.571. The third-order valence-electron chi connectivity index (χ3n) is 3.73. The first-order valence-corrected chi connectivity index (χ1v) is 6.87. The van der Waals surface area contributed by atoms with Crippen LogP contribution in [0.1, 0.15) is 32.3 Å². The van der Waals surface area contributed by atoms with Crippen molar-refractivity contribution < 1.29 is 4.92 Å². The number of likely N-dealkylation sites (tertiary alicyclic amines) is 1. The average molecular weight is 263 g/mol. The molecule has 19 heavy (non-hydrogen) atoms. The maximum absolute atomic E-state index is 10.9. The zero-order valence-corrected chi connectivity index (χ0v) is 11.6. The molecular formula is C14H21N3O2. The Kier molecular flexibility index (Phi) is 4.37. The van der Waals surface area contributed by atoms with Crippen molar-refractivity contribution in [1.29, 1.82) is 0 Å². The van der Waals surface area contributed by atoms with Crippen LogP contribution in [-0.2, 0) is 6.54 Å². The van der Waals surface area contributed by atoms with Gasteiger partial charge >= 0.3 is 0 Å². The molecule has 1 saturated heterocycles. The smallest absolute Gasteiger partial charge is 0.269 e. The Balaban J connectivity index is 2.23. The minimum Gasteiger partial charge on any atom is -0.385 e. The molecule has 1 atom stereocenters. The van der Waals surface area contributed by atoms with Crippen LogP contribution in [0.25, 0.3) is 0 Å². The maximum Gasteiger partial charge on any atom is 0.269 e. The summed E-state index contributed by atoms with van der Waals surface area (Å²) in [6, 6.07) is 5.64. The van der Waals surface area contributed by atoms with Gasteiger partial charge in [0.2, 0.25) is 0 Å². The van der Waals surface area contributed by atoms with Crippen LogP contribution in [0.15, 0.2) is 18.2 Å². The molecule has 0 amide bonds. The SMILES string of the molecule is CCNc1ccc([N+](=O)[O-])cc1CN1CCCC1C. The van der Waals surface area contributed by atoms with Gasteiger partial charge in [0.05, 0.1) is 4.92 Å². The Morgan fingerprint density at radius 3 is 2.89 bits per heavy atom. The Labute approximate surface area is 113 Å². The van der Waals surface area contributed by atoms with E-state index in [9.17, 15) is 10.1 Å². The van der Waals surface area contributed by atoms with Crippen LogP contribution in [-0.4, -0.2) is 29.0 Å². The van der Waals surface area contributed by atoms with Gasteiger partial charge in [-0.15, -0.1) is 0 Å². The fourth-order valence-electron chi connectivity index (χ4n) is 2.63. The molecule has 5 nitrogen and oxygen atoms in total. The van der Waals surface area contributed by atoms with Crippen molar-refractivity contribution in [3.8, 4) is 0 Å². The van der Waals surface area contributed by atoms with Gasteiger partial charge in [0, 0.05) is 37.0 Å². The lowest BCUT2D eigenvalue weighted by atomic mass is 10.1. The van der Waals surface area contributed by atoms with Gasteiger partial charge in [-0.25, -0.2) is 0 Å². The van der Waals surface area contributed by atoms with Crippen molar-refractivity contribution in [2.75, 3.05) is 18.4 Å². The summed E-state index contributed by atoms with van der Waals surface area (Å²) >= 11 is 0. The van der Waals surface area contributed by atoms with Crippen molar-refractivity contribution in [2.24, 2.45) is 0 Å². The standard InChI is InChI=1S/C14H21N3O2/c1-3-15-14-7-6-13(17(18)19)9-12(14)10-16-8-4-5-11(16)2/h6-7,9,11,15H,3-5,8,10H2,1-2H3. The first kappa shape index (κ1) is 13.8. The Hall–Kier alpha value is -1.62. The molecule has 0 saturated carbocycles. The first-order valence-electron chi connectivity index (χ1n) is 6.87. The van der Waals surface area contributed by atoms with Crippen molar-refractivity contribution in [2.45, 2.75) is 39.3 Å². The molecule has 2 rings (SSSR count). The van der Waals surface area contributed by atoms with E-state index >= 15 is 0 Å². The monoisotopic (exact) mass is 263 g/mol. The predicted octanol–water partition coefficient (Wildman–Crippen LogP) is 3.01. The summed E-state index contributed by atoms with van der Waals surface area (Å²) in [4.78, 5) is 13.0. The molecule has 0 aromatic heterocycles. The molecule has 1 unspecified atom stereocenters. The van der Waals surface area contributed by atoms with Crippen molar-refractivity contribution in [3.63, 3.8) is 0 Å². The van der Waals surface area contributed by atoms with Crippen molar-refractivity contribution >= 4 is 11.4 Å². The quantitative estimate of drug-likeness (QED) is 0.655. The number of non-ortho nitro benzene ring substituents is 1. The number of nitrogens with one attached hydrogen (secondary N) is 1. The predicted molar refractivity (Wildman–Crippen MR) is 76.4 cm³/mol. The highest BCUT2D eigenvalue weighted by Gasteiger charge is 2.22. The Morgan fingerprint density at radius 1 is 1.53 bits per heavy atom. The third kappa shape index (κ3) is 3.23. The highest BCUT2D eigenvalue weighted by Crippen LogP contribution is 2.26. The van der Waals surface area contributed by atoms with E-state index in [2.05, 4.69) is 17.1 Å². The van der Waals surface area contributed by atoms with E-state index in [1.807, 2.05) is 13.0 Å². The second-order valence-corrected chi connectivity index (χ2v) is 5.09. The zero-order valence-electron chi connectivity index (χ0n) is 11.6. The molecule has 1 N–H and O–H groups in total. The second kappa shape index (κ2) is 6.02. The van der Waals surface area contributed by atoms with Gasteiger partial charge in [-0.1, -0.05) is 0 Å². The molecule has 1 aliphatic heterocycles. The van der Waals surface area contributed by atoms with Gasteiger partial charge in [-0.3, -0.25) is 15.0 Å². The summed E-state index contributed by atoms with van der Waals surface area (Å²) in [6.07, 6.45) is 2.43. The van der Waals surface area contributed by atoms with Gasteiger partial charge in [0.25, 0.3) is 5.69 Å². The maximum atomic E-state index is 10.9. The first-order chi connectivity index (χ1) is 9.11. The topological polar surface area (TPSA) is 58.4 Å². The van der Waals surface area contributed by atoms with Crippen LogP contribution in [0.3, 0.4) is 0 Å². The molecule has 1 aromatic carbocycles. The van der Waals surface area contributed by atoms with Gasteiger partial charge < -0.3 is 5.32 Å². The molecular weight excluding hydrogens is 242 g/mol. The lowest BCUT2D eigenvalue weighted by Crippen LogP contribution is -2.26. The Bertz CT molecular complexity index is 462. The summed E-state index contributed by atoms with van der Waals surface area (Å²) < 4.78 is 0. The van der Waals surface area contributed by atoms with E-state index in [0.717, 1.165) is 30.9 Å². The van der Waals surface area contributed by atoms with Crippen LogP contribution in [0.5, 0.6) is 0 Å². The molecule has 0 aliphatic carbocycles. The number of hydrogen-bond donors (Lipinski definition) is 1. The lowest BCUT2D eigenvalue weighted by molar-refractivity contribution is -0.384. The number of hydrogen-bond acceptors (Lipinski definition) is 4. The number of anilines is 1. The molecule has 104 valence electrons. The summed E-state index contributed by atoms with van der Waals surface area (Å²) in [7, 11) is 0. The van der Waals surface area contributed by atoms with Gasteiger partial charge in [-0.2, -0.15) is 0 Å². The van der Waals surface area contributed by atoms with E-state index in [4.69, 9.17) is 0 Å². The zero-order chi connectivity index (χ0) is 13.8. The molecule has 0 radical (unpaired) electrons. The van der Waals surface area contributed by atoms with Gasteiger partial charge in [0.15, 0.2) is 0 Å². The lowest BCUT2D eigenvalue weighted by Gasteiger charge is -2.22. The normalized spacial score (nSPS) is 19.6. The number of nitro benzene ring substituents is 1. The van der Waals surface area contributed by atoms with E-state index < -0.39 is 0 Å². The summed E-state index contributed by atoms with van der Waals surface area (Å²) in [6.45, 7) is 6.93. The number of nitro groups is 1. The van der Waals surface area contributed by atoms with E-state index in [-0.39, 0.29) is 10.6 Å². The minimum atomic E-state index is -0.327. The molecule has 1 aliphatic rings. The summed E-state index contributed by atoms with van der Waals surface area (Å²) in [5.74, 6) is 0. The van der Waals surface area contributed by atoms with E-state index in [1.165, 1.54) is 12.8 Å². The number of benzene rings is 1. The number of nitrogens with zero attached hydrogens (tertiary/aromatic N) is 2. The Morgan fingerprint density at radius 2 is 2.32 bits per heavy atom. The second-order valence-electron chi connectivity index (χ2n) is 5.09. The van der Waals surface area contributed by atoms with Gasteiger partial charge in [0.1, 0.15) is 0 Å². The van der Waals surface area contributed by atoms with Crippen molar-refractivity contribution in [1.82, 2.24) is 4.90 Å². The summed E-state index contributed by atoms with van der Waals surface area (Å²) in [5.41, 5.74) is 2.19. The largest absolute Gasteiger partial charge is 0.385 e. The number of rotatable bonds is 5. The fourth-order valence-corrected chi connectivity index (χ4v) is 2.63. The highest BCUT2D eigenvalue weighted by molar-refractivity contribution is 5.56. The molecule has 1 heterocycles. The van der Waals surface area contributed by atoms with Crippen LogP contribution >= 0.6 is 0 Å². The van der Waals surface area contributed by atoms with Crippen LogP contribution in [0.2, 0.25) is 0 Å².